The summed E-state index contributed by atoms with van der Waals surface area (Å²) in [6.07, 6.45) is 6.85. The number of nitrogens with zero attached hydrogens (tertiary/aromatic N) is 5. The first-order chi connectivity index (χ1) is 13.6. The number of hydrogen-bond donors (Lipinski definition) is 1. The Hall–Kier alpha value is -2.93. The molecule has 144 valence electrons. The van der Waals surface area contributed by atoms with E-state index in [4.69, 9.17) is 11.6 Å². The van der Waals surface area contributed by atoms with Gasteiger partial charge in [0.25, 0.3) is 0 Å². The van der Waals surface area contributed by atoms with Crippen LogP contribution in [0.4, 0.5) is 11.5 Å². The zero-order valence-electron chi connectivity index (χ0n) is 15.5. The lowest BCUT2D eigenvalue weighted by atomic mass is 9.97. The van der Waals surface area contributed by atoms with Crippen molar-refractivity contribution in [3.05, 3.63) is 59.6 Å². The van der Waals surface area contributed by atoms with Crippen molar-refractivity contribution >= 4 is 29.0 Å². The number of carbonyl (C=O) groups is 1. The Labute approximate surface area is 168 Å². The van der Waals surface area contributed by atoms with Crippen molar-refractivity contribution in [1.29, 1.82) is 0 Å². The Kier molecular flexibility index (Phi) is 5.25. The molecule has 1 aromatic carbocycles. The van der Waals surface area contributed by atoms with E-state index in [0.29, 0.717) is 17.4 Å². The van der Waals surface area contributed by atoms with E-state index in [1.54, 1.807) is 16.9 Å². The summed E-state index contributed by atoms with van der Waals surface area (Å²) in [6, 6.07) is 9.31. The highest BCUT2D eigenvalue weighted by atomic mass is 35.5. The van der Waals surface area contributed by atoms with Crippen molar-refractivity contribution in [2.75, 3.05) is 23.3 Å². The first-order valence-electron chi connectivity index (χ1n) is 9.24. The standard InChI is InChI=1S/C20H21ClN6O/c1-14-5-6-16(10-17(14)21)25-20(28)15-4-2-8-26(12-15)18-11-19(23-13-22-18)27-9-3-7-24-27/h3,5-7,9-11,13,15H,2,4,8,12H2,1H3,(H,25,28)/t15-/m1/s1. The molecule has 0 aliphatic carbocycles. The minimum Gasteiger partial charge on any atom is -0.356 e. The molecule has 28 heavy (non-hydrogen) atoms. The Morgan fingerprint density at radius 1 is 1.25 bits per heavy atom. The van der Waals surface area contributed by atoms with Crippen LogP contribution in [-0.2, 0) is 4.79 Å². The maximum Gasteiger partial charge on any atom is 0.229 e. The number of nitrogens with one attached hydrogen (secondary N) is 1. The summed E-state index contributed by atoms with van der Waals surface area (Å²) in [6.45, 7) is 3.41. The molecule has 1 aliphatic heterocycles. The highest BCUT2D eigenvalue weighted by molar-refractivity contribution is 6.31. The van der Waals surface area contributed by atoms with E-state index in [1.807, 2.05) is 37.4 Å². The molecule has 3 heterocycles. The van der Waals surface area contributed by atoms with Crippen molar-refractivity contribution in [2.45, 2.75) is 19.8 Å². The van der Waals surface area contributed by atoms with E-state index in [9.17, 15) is 4.79 Å². The number of anilines is 2. The Morgan fingerprint density at radius 2 is 2.11 bits per heavy atom. The molecule has 1 amide bonds. The fourth-order valence-electron chi connectivity index (χ4n) is 3.35. The van der Waals surface area contributed by atoms with Gasteiger partial charge in [0.05, 0.1) is 5.92 Å². The summed E-state index contributed by atoms with van der Waals surface area (Å²) in [7, 11) is 0. The van der Waals surface area contributed by atoms with E-state index in [0.717, 1.165) is 36.5 Å². The van der Waals surface area contributed by atoms with Crippen molar-refractivity contribution < 1.29 is 4.79 Å². The lowest BCUT2D eigenvalue weighted by molar-refractivity contribution is -0.120. The number of benzene rings is 1. The van der Waals surface area contributed by atoms with Gasteiger partial charge >= 0.3 is 0 Å². The maximum absolute atomic E-state index is 12.8. The number of carbonyl (C=O) groups excluding carboxylic acids is 1. The molecular weight excluding hydrogens is 376 g/mol. The molecule has 0 bridgehead atoms. The molecule has 1 fully saturated rings. The third kappa shape index (κ3) is 3.99. The summed E-state index contributed by atoms with van der Waals surface area (Å²) >= 11 is 6.16. The number of aryl methyl sites for hydroxylation is 1. The number of rotatable bonds is 4. The third-order valence-corrected chi connectivity index (χ3v) is 5.34. The predicted molar refractivity (Wildman–Crippen MR) is 109 cm³/mol. The van der Waals surface area contributed by atoms with Crippen LogP contribution in [0.15, 0.2) is 49.1 Å². The van der Waals surface area contributed by atoms with Crippen LogP contribution in [0.2, 0.25) is 5.02 Å². The van der Waals surface area contributed by atoms with Crippen molar-refractivity contribution in [3.8, 4) is 5.82 Å². The van der Waals surface area contributed by atoms with Gasteiger partial charge in [-0.2, -0.15) is 5.10 Å². The highest BCUT2D eigenvalue weighted by Gasteiger charge is 2.27. The molecule has 1 N–H and O–H groups in total. The van der Waals surface area contributed by atoms with E-state index >= 15 is 0 Å². The van der Waals surface area contributed by atoms with Crippen LogP contribution in [0, 0.1) is 12.8 Å². The van der Waals surface area contributed by atoms with Crippen LogP contribution in [0.5, 0.6) is 0 Å². The van der Waals surface area contributed by atoms with Gasteiger partial charge in [0.1, 0.15) is 12.1 Å². The predicted octanol–water partition coefficient (Wildman–Crippen LogP) is 3.48. The van der Waals surface area contributed by atoms with Gasteiger partial charge in [0.15, 0.2) is 5.82 Å². The molecule has 0 radical (unpaired) electrons. The molecule has 8 heteroatoms. The number of hydrogen-bond acceptors (Lipinski definition) is 5. The smallest absolute Gasteiger partial charge is 0.229 e. The second kappa shape index (κ2) is 7.98. The molecule has 1 saturated heterocycles. The molecule has 1 aliphatic rings. The fourth-order valence-corrected chi connectivity index (χ4v) is 3.53. The Balaban J connectivity index is 1.46. The molecule has 0 unspecified atom stereocenters. The van der Waals surface area contributed by atoms with E-state index in [1.165, 1.54) is 6.33 Å². The average molecular weight is 397 g/mol. The van der Waals surface area contributed by atoms with Gasteiger partial charge in [-0.25, -0.2) is 14.6 Å². The number of halogens is 1. The fraction of sp³-hybridized carbons (Fsp3) is 0.300. The van der Waals surface area contributed by atoms with Crippen molar-refractivity contribution in [1.82, 2.24) is 19.7 Å². The summed E-state index contributed by atoms with van der Waals surface area (Å²) in [5.74, 6) is 1.40. The van der Waals surface area contributed by atoms with Gasteiger partial charge in [-0.05, 0) is 43.5 Å². The topological polar surface area (TPSA) is 75.9 Å². The van der Waals surface area contributed by atoms with Gasteiger partial charge in [0.2, 0.25) is 5.91 Å². The number of aromatic nitrogens is 4. The van der Waals surface area contributed by atoms with Crippen LogP contribution in [-0.4, -0.2) is 38.7 Å². The minimum absolute atomic E-state index is 0.00553. The summed E-state index contributed by atoms with van der Waals surface area (Å²) in [5.41, 5.74) is 1.71. The Morgan fingerprint density at radius 3 is 2.89 bits per heavy atom. The second-order valence-electron chi connectivity index (χ2n) is 6.92. The second-order valence-corrected chi connectivity index (χ2v) is 7.33. The average Bonchev–Trinajstić information content (AvgIpc) is 3.26. The van der Waals surface area contributed by atoms with Gasteiger partial charge in [-0.3, -0.25) is 4.79 Å². The first kappa shape index (κ1) is 18.4. The lowest BCUT2D eigenvalue weighted by Gasteiger charge is -2.32. The molecule has 1 atom stereocenters. The first-order valence-corrected chi connectivity index (χ1v) is 9.62. The molecule has 0 saturated carbocycles. The van der Waals surface area contributed by atoms with Crippen molar-refractivity contribution in [3.63, 3.8) is 0 Å². The van der Waals surface area contributed by atoms with Crippen LogP contribution >= 0.6 is 11.6 Å². The third-order valence-electron chi connectivity index (χ3n) is 4.93. The summed E-state index contributed by atoms with van der Waals surface area (Å²) in [5, 5.41) is 7.85. The van der Waals surface area contributed by atoms with E-state index < -0.39 is 0 Å². The minimum atomic E-state index is -0.114. The van der Waals surface area contributed by atoms with Crippen molar-refractivity contribution in [2.24, 2.45) is 5.92 Å². The van der Waals surface area contributed by atoms with Crippen LogP contribution < -0.4 is 10.2 Å². The number of amides is 1. The van der Waals surface area contributed by atoms with E-state index in [-0.39, 0.29) is 11.8 Å². The van der Waals surface area contributed by atoms with Crippen LogP contribution in [0.25, 0.3) is 5.82 Å². The lowest BCUT2D eigenvalue weighted by Crippen LogP contribution is -2.41. The van der Waals surface area contributed by atoms with Gasteiger partial charge in [-0.1, -0.05) is 17.7 Å². The SMILES string of the molecule is Cc1ccc(NC(=O)[C@@H]2CCCN(c3cc(-n4cccn4)ncn3)C2)cc1Cl. The molecule has 3 aromatic rings. The molecule has 4 rings (SSSR count). The zero-order chi connectivity index (χ0) is 19.5. The number of piperidine rings is 1. The normalized spacial score (nSPS) is 16.8. The highest BCUT2D eigenvalue weighted by Crippen LogP contribution is 2.25. The Bertz CT molecular complexity index is 975. The summed E-state index contributed by atoms with van der Waals surface area (Å²) < 4.78 is 1.69. The van der Waals surface area contributed by atoms with Gasteiger partial charge < -0.3 is 10.2 Å². The maximum atomic E-state index is 12.8. The van der Waals surface area contributed by atoms with Crippen LogP contribution in [0.3, 0.4) is 0 Å². The van der Waals surface area contributed by atoms with E-state index in [2.05, 4.69) is 25.3 Å². The quantitative estimate of drug-likeness (QED) is 0.730. The molecule has 2 aromatic heterocycles. The monoisotopic (exact) mass is 396 g/mol. The summed E-state index contributed by atoms with van der Waals surface area (Å²) in [4.78, 5) is 23.6. The largest absolute Gasteiger partial charge is 0.356 e. The molecular formula is C20H21ClN6O. The molecule has 0 spiro atoms. The molecule has 7 nitrogen and oxygen atoms in total. The zero-order valence-corrected chi connectivity index (χ0v) is 16.3. The van der Waals surface area contributed by atoms with Gasteiger partial charge in [-0.15, -0.1) is 0 Å². The van der Waals surface area contributed by atoms with Gasteiger partial charge in [0, 0.05) is 42.3 Å². The van der Waals surface area contributed by atoms with Crippen LogP contribution in [0.1, 0.15) is 18.4 Å².